The van der Waals surface area contributed by atoms with Crippen LogP contribution in [0.25, 0.3) is 0 Å². The number of hydrogen-bond acceptors (Lipinski definition) is 2. The Bertz CT molecular complexity index is 355. The van der Waals surface area contributed by atoms with E-state index in [9.17, 15) is 4.79 Å². The van der Waals surface area contributed by atoms with E-state index in [1.54, 1.807) is 6.92 Å². The van der Waals surface area contributed by atoms with Crippen molar-refractivity contribution in [3.8, 4) is 0 Å². The van der Waals surface area contributed by atoms with Crippen LogP contribution in [0.3, 0.4) is 0 Å². The molecule has 1 aromatic rings. The van der Waals surface area contributed by atoms with Crippen LogP contribution in [0.1, 0.15) is 32.0 Å². The SMILES string of the molecule is Cc1[nH]n(C(C)(C)C)c(=O)c1CO. The van der Waals surface area contributed by atoms with Crippen LogP contribution in [0.2, 0.25) is 0 Å². The van der Waals surface area contributed by atoms with E-state index in [1.807, 2.05) is 20.8 Å². The highest BCUT2D eigenvalue weighted by molar-refractivity contribution is 5.15. The van der Waals surface area contributed by atoms with Crippen LogP contribution in [0.5, 0.6) is 0 Å². The maximum absolute atomic E-state index is 11.6. The highest BCUT2D eigenvalue weighted by Gasteiger charge is 2.19. The molecule has 4 heteroatoms. The number of aliphatic hydroxyl groups is 1. The minimum atomic E-state index is -0.269. The Kier molecular flexibility index (Phi) is 2.34. The van der Waals surface area contributed by atoms with Gasteiger partial charge in [0.1, 0.15) is 0 Å². The van der Waals surface area contributed by atoms with Crippen molar-refractivity contribution < 1.29 is 5.11 Å². The smallest absolute Gasteiger partial charge is 0.272 e. The molecular formula is C9H16N2O2. The molecule has 1 aromatic heterocycles. The van der Waals surface area contributed by atoms with E-state index in [1.165, 1.54) is 4.68 Å². The topological polar surface area (TPSA) is 58.0 Å². The molecule has 0 aliphatic rings. The second kappa shape index (κ2) is 3.03. The molecule has 0 saturated heterocycles. The van der Waals surface area contributed by atoms with Gasteiger partial charge in [0.2, 0.25) is 0 Å². The first-order valence-electron chi connectivity index (χ1n) is 4.29. The molecule has 0 unspecified atom stereocenters. The Morgan fingerprint density at radius 2 is 2.00 bits per heavy atom. The standard InChI is InChI=1S/C9H16N2O2/c1-6-7(5-12)8(13)11(10-6)9(2,3)4/h10,12H,5H2,1-4H3. The van der Waals surface area contributed by atoms with E-state index < -0.39 is 0 Å². The fourth-order valence-corrected chi connectivity index (χ4v) is 1.24. The monoisotopic (exact) mass is 184 g/mol. The second-order valence-corrected chi connectivity index (χ2v) is 4.18. The number of rotatable bonds is 1. The summed E-state index contributed by atoms with van der Waals surface area (Å²) in [6.07, 6.45) is 0. The molecule has 0 aromatic carbocycles. The van der Waals surface area contributed by atoms with Gasteiger partial charge >= 0.3 is 0 Å². The van der Waals surface area contributed by atoms with Crippen molar-refractivity contribution in [1.82, 2.24) is 9.78 Å². The molecule has 0 aliphatic carbocycles. The van der Waals surface area contributed by atoms with E-state index in [2.05, 4.69) is 5.10 Å². The van der Waals surface area contributed by atoms with Gasteiger partial charge in [0.15, 0.2) is 0 Å². The number of aromatic nitrogens is 2. The van der Waals surface area contributed by atoms with Crippen molar-refractivity contribution in [2.75, 3.05) is 0 Å². The first kappa shape index (κ1) is 10.1. The van der Waals surface area contributed by atoms with E-state index >= 15 is 0 Å². The zero-order valence-electron chi connectivity index (χ0n) is 8.51. The molecule has 4 nitrogen and oxygen atoms in total. The molecule has 0 bridgehead atoms. The van der Waals surface area contributed by atoms with Gasteiger partial charge in [-0.05, 0) is 27.7 Å². The maximum Gasteiger partial charge on any atom is 0.272 e. The largest absolute Gasteiger partial charge is 0.391 e. The zero-order valence-corrected chi connectivity index (χ0v) is 8.51. The van der Waals surface area contributed by atoms with Crippen LogP contribution in [0.15, 0.2) is 4.79 Å². The summed E-state index contributed by atoms with van der Waals surface area (Å²) in [4.78, 5) is 11.6. The molecule has 0 radical (unpaired) electrons. The van der Waals surface area contributed by atoms with E-state index in [0.29, 0.717) is 5.56 Å². The van der Waals surface area contributed by atoms with Crippen LogP contribution < -0.4 is 5.56 Å². The molecule has 0 fully saturated rings. The van der Waals surface area contributed by atoms with Gasteiger partial charge in [0.25, 0.3) is 5.56 Å². The number of aliphatic hydroxyl groups excluding tert-OH is 1. The summed E-state index contributed by atoms with van der Waals surface area (Å²) in [6, 6.07) is 0. The fraction of sp³-hybridized carbons (Fsp3) is 0.667. The van der Waals surface area contributed by atoms with E-state index in [0.717, 1.165) is 5.69 Å². The van der Waals surface area contributed by atoms with Gasteiger partial charge < -0.3 is 5.11 Å². The number of nitrogens with one attached hydrogen (secondary N) is 1. The number of hydrogen-bond donors (Lipinski definition) is 2. The summed E-state index contributed by atoms with van der Waals surface area (Å²) >= 11 is 0. The van der Waals surface area contributed by atoms with Crippen LogP contribution in [0, 0.1) is 6.92 Å². The Morgan fingerprint density at radius 1 is 1.46 bits per heavy atom. The molecule has 1 heterocycles. The maximum atomic E-state index is 11.6. The van der Waals surface area contributed by atoms with Crippen molar-refractivity contribution in [1.29, 1.82) is 0 Å². The van der Waals surface area contributed by atoms with Crippen LogP contribution in [-0.2, 0) is 12.1 Å². The number of nitrogens with zero attached hydrogens (tertiary/aromatic N) is 1. The summed E-state index contributed by atoms with van der Waals surface area (Å²) in [5.74, 6) is 0. The number of aromatic amines is 1. The summed E-state index contributed by atoms with van der Waals surface area (Å²) < 4.78 is 1.54. The van der Waals surface area contributed by atoms with E-state index in [4.69, 9.17) is 5.11 Å². The Hall–Kier alpha value is -1.03. The van der Waals surface area contributed by atoms with Crippen molar-refractivity contribution in [2.24, 2.45) is 0 Å². The molecular weight excluding hydrogens is 168 g/mol. The third-order valence-electron chi connectivity index (χ3n) is 2.02. The first-order valence-corrected chi connectivity index (χ1v) is 4.29. The highest BCUT2D eigenvalue weighted by Crippen LogP contribution is 2.11. The molecule has 1 rings (SSSR count). The summed E-state index contributed by atoms with van der Waals surface area (Å²) in [6.45, 7) is 7.39. The second-order valence-electron chi connectivity index (χ2n) is 4.18. The number of aryl methyl sites for hydroxylation is 1. The Labute approximate surface area is 77.2 Å². The molecule has 0 saturated carbocycles. The van der Waals surface area contributed by atoms with Crippen molar-refractivity contribution in [3.05, 3.63) is 21.6 Å². The summed E-state index contributed by atoms with van der Waals surface area (Å²) in [5, 5.41) is 11.9. The lowest BCUT2D eigenvalue weighted by Crippen LogP contribution is -2.33. The van der Waals surface area contributed by atoms with Gasteiger partial charge in [-0.2, -0.15) is 0 Å². The molecule has 74 valence electrons. The van der Waals surface area contributed by atoms with Gasteiger partial charge in [-0.15, -0.1) is 0 Å². The van der Waals surface area contributed by atoms with Gasteiger partial charge in [0, 0.05) is 5.69 Å². The van der Waals surface area contributed by atoms with E-state index in [-0.39, 0.29) is 17.7 Å². The normalized spacial score (nSPS) is 12.1. The van der Waals surface area contributed by atoms with Crippen LogP contribution in [0.4, 0.5) is 0 Å². The third-order valence-corrected chi connectivity index (χ3v) is 2.02. The average molecular weight is 184 g/mol. The number of H-pyrrole nitrogens is 1. The lowest BCUT2D eigenvalue weighted by molar-refractivity contribution is 0.278. The quantitative estimate of drug-likeness (QED) is 0.676. The molecule has 0 aliphatic heterocycles. The highest BCUT2D eigenvalue weighted by atomic mass is 16.3. The van der Waals surface area contributed by atoms with Crippen LogP contribution in [-0.4, -0.2) is 14.9 Å². The average Bonchev–Trinajstić information content (AvgIpc) is 2.25. The molecule has 2 N–H and O–H groups in total. The molecule has 0 atom stereocenters. The fourth-order valence-electron chi connectivity index (χ4n) is 1.24. The lowest BCUT2D eigenvalue weighted by Gasteiger charge is -2.19. The Morgan fingerprint density at radius 3 is 2.23 bits per heavy atom. The summed E-state index contributed by atoms with van der Waals surface area (Å²) in [7, 11) is 0. The molecule has 0 spiro atoms. The predicted molar refractivity (Wildman–Crippen MR) is 50.7 cm³/mol. The van der Waals surface area contributed by atoms with Crippen molar-refractivity contribution >= 4 is 0 Å². The Balaban J connectivity index is 3.36. The summed E-state index contributed by atoms with van der Waals surface area (Å²) in [5.41, 5.74) is 0.791. The minimum absolute atomic E-state index is 0.132. The molecule has 0 amide bonds. The van der Waals surface area contributed by atoms with Gasteiger partial charge in [-0.3, -0.25) is 9.89 Å². The molecule has 13 heavy (non-hydrogen) atoms. The first-order chi connectivity index (χ1) is 5.88. The zero-order chi connectivity index (χ0) is 10.2. The van der Waals surface area contributed by atoms with Gasteiger partial charge in [-0.1, -0.05) is 0 Å². The van der Waals surface area contributed by atoms with Gasteiger partial charge in [0.05, 0.1) is 17.7 Å². The van der Waals surface area contributed by atoms with Gasteiger partial charge in [-0.25, -0.2) is 4.68 Å². The van der Waals surface area contributed by atoms with Crippen LogP contribution >= 0.6 is 0 Å². The van der Waals surface area contributed by atoms with Crippen molar-refractivity contribution in [2.45, 2.75) is 39.8 Å². The lowest BCUT2D eigenvalue weighted by atomic mass is 10.1. The predicted octanol–water partition coefficient (Wildman–Crippen LogP) is 0.732. The minimum Gasteiger partial charge on any atom is -0.391 e. The third kappa shape index (κ3) is 1.67. The van der Waals surface area contributed by atoms with Crippen molar-refractivity contribution in [3.63, 3.8) is 0 Å².